The van der Waals surface area contributed by atoms with Crippen molar-refractivity contribution < 1.29 is 48.6 Å². The molecule has 0 radical (unpaired) electrons. The highest BCUT2D eigenvalue weighted by Crippen LogP contribution is 2.24. The number of carbonyl (C=O) groups excluding carboxylic acids is 8. The Morgan fingerprint density at radius 3 is 1.91 bits per heavy atom. The predicted molar refractivity (Wildman–Crippen MR) is 296 cm³/mol. The minimum Gasteiger partial charge on any atom is -0.391 e. The van der Waals surface area contributed by atoms with Crippen LogP contribution < -0.4 is 60.2 Å². The van der Waals surface area contributed by atoms with Gasteiger partial charge in [0.25, 0.3) is 5.91 Å². The van der Waals surface area contributed by atoms with Crippen LogP contribution in [0.2, 0.25) is 5.02 Å². The zero-order valence-electron chi connectivity index (χ0n) is 42.2. The number of aliphatic hydroxyl groups is 2. The van der Waals surface area contributed by atoms with Gasteiger partial charge in [0.1, 0.15) is 42.1 Å². The van der Waals surface area contributed by atoms with E-state index in [1.807, 2.05) is 0 Å². The first kappa shape index (κ1) is 61.0. The third kappa shape index (κ3) is 19.9. The first-order chi connectivity index (χ1) is 36.8. The summed E-state index contributed by atoms with van der Waals surface area (Å²) < 4.78 is 0. The van der Waals surface area contributed by atoms with Gasteiger partial charge < -0.3 is 65.0 Å². The van der Waals surface area contributed by atoms with Gasteiger partial charge in [0.15, 0.2) is 0 Å². The van der Waals surface area contributed by atoms with E-state index in [2.05, 4.69) is 37.2 Å². The summed E-state index contributed by atoms with van der Waals surface area (Å²) in [6.45, 7) is 1.52. The number of halogens is 1. The number of hydrogen-bond donors (Lipinski definition) is 13. The third-order valence-electron chi connectivity index (χ3n) is 12.2. The molecule has 1 saturated heterocycles. The molecular weight excluding hydrogens is 1050 g/mol. The minimum absolute atomic E-state index is 0.0582. The van der Waals surface area contributed by atoms with Gasteiger partial charge in [-0.2, -0.15) is 0 Å². The van der Waals surface area contributed by atoms with Gasteiger partial charge in [0, 0.05) is 34.9 Å². The monoisotopic (exact) mass is 1120 g/mol. The Hall–Kier alpha value is -6.83. The number of nitrogens with one attached hydrogen (secondary N) is 7. The van der Waals surface area contributed by atoms with Crippen molar-refractivity contribution in [2.75, 3.05) is 18.1 Å². The fourth-order valence-electron chi connectivity index (χ4n) is 7.90. The number of nitrogens with two attached hydrogens (primary N) is 4. The molecule has 1 fully saturated rings. The fourth-order valence-corrected chi connectivity index (χ4v) is 10.4. The molecule has 17 N–H and O–H groups in total. The van der Waals surface area contributed by atoms with E-state index < -0.39 is 102 Å². The zero-order valence-corrected chi connectivity index (χ0v) is 44.6. The topological polar surface area (TPSA) is 365 Å². The Balaban J connectivity index is 1.57. The van der Waals surface area contributed by atoms with Crippen molar-refractivity contribution in [2.24, 2.45) is 22.9 Å². The van der Waals surface area contributed by atoms with Gasteiger partial charge in [0.2, 0.25) is 41.4 Å². The van der Waals surface area contributed by atoms with E-state index in [1.54, 1.807) is 97.1 Å². The van der Waals surface area contributed by atoms with Crippen molar-refractivity contribution in [2.45, 2.75) is 100 Å². The van der Waals surface area contributed by atoms with Crippen molar-refractivity contribution in [3.8, 4) is 0 Å². The highest BCUT2D eigenvalue weighted by molar-refractivity contribution is 8.76. The molecule has 0 saturated carbocycles. The maximum absolute atomic E-state index is 14.7. The van der Waals surface area contributed by atoms with E-state index in [9.17, 15) is 48.6 Å². The van der Waals surface area contributed by atoms with Crippen LogP contribution in [-0.2, 0) is 52.8 Å². The summed E-state index contributed by atoms with van der Waals surface area (Å²) in [5, 5.41) is 42.1. The molecule has 1 heterocycles. The molecule has 412 valence electrons. The van der Waals surface area contributed by atoms with Gasteiger partial charge in [-0.25, -0.2) is 0 Å². The SMILES string of the molecule is CC(O)[C@@H]1NC(O)[C@H](CCCCN)NC(=O)[C@@H](Cc2ccc(C(N)=O)cc2)NC(=O)[C@H](Cc2ccccc2)NC(=O)[C@H](NC(=O)[C@@H](N)Cc2ccc(Cl)cc2)CSSC[C@@H](C(=O)N/C(=C/c2ccccc2)C(N)=O)NC1=O. The second-order valence-corrected chi connectivity index (χ2v) is 21.2. The van der Waals surface area contributed by atoms with E-state index in [0.717, 1.165) is 21.6 Å². The van der Waals surface area contributed by atoms with E-state index in [0.29, 0.717) is 40.1 Å². The Morgan fingerprint density at radius 1 is 0.740 bits per heavy atom. The number of rotatable bonds is 18. The normalized spacial score (nSPS) is 22.2. The highest BCUT2D eigenvalue weighted by atomic mass is 35.5. The van der Waals surface area contributed by atoms with Gasteiger partial charge in [-0.05, 0) is 85.3 Å². The van der Waals surface area contributed by atoms with Crippen molar-refractivity contribution in [1.29, 1.82) is 0 Å². The van der Waals surface area contributed by atoms with Crippen molar-refractivity contribution in [3.05, 3.63) is 148 Å². The average molecular weight is 1120 g/mol. The summed E-state index contributed by atoms with van der Waals surface area (Å²) in [5.41, 5.74) is 25.5. The van der Waals surface area contributed by atoms with Crippen molar-refractivity contribution in [3.63, 3.8) is 0 Å². The largest absolute Gasteiger partial charge is 0.391 e. The molecule has 0 aliphatic carbocycles. The molecular formula is C53H66ClN11O10S2. The molecule has 4 aromatic rings. The summed E-state index contributed by atoms with van der Waals surface area (Å²) in [5.74, 6) is -7.23. The van der Waals surface area contributed by atoms with Crippen LogP contribution in [0.25, 0.3) is 6.08 Å². The van der Waals surface area contributed by atoms with Crippen molar-refractivity contribution >= 4 is 86.5 Å². The molecule has 9 atom stereocenters. The molecule has 0 bridgehead atoms. The lowest BCUT2D eigenvalue weighted by atomic mass is 10.00. The van der Waals surface area contributed by atoms with E-state index in [-0.39, 0.29) is 55.0 Å². The standard InChI is InChI=1S/C53H66ClN11O10S2/c1-30(66)44-53(75)64-43(51(73)60-39(46(58)68)25-31-10-4-2-5-11-31)29-77-76-28-42(63-47(69)37(56)24-33-17-21-36(54)22-18-33)52(74)62-40(26-32-12-6-3-7-13-32)50(72)61-41(27-34-15-19-35(20-16-34)45(57)67)49(71)59-38(48(70)65-44)14-8-9-23-55/h2-7,10-13,15-22,25,30,37-38,40-44,48,65-66,70H,8-9,14,23-24,26-29,55-56H2,1H3,(H2,57,67)(H2,58,68)(H,59,71)(H,60,73)(H,61,72)(H,62,74)(H,63,69)(H,64,75)/b39-25+/t30?,37-,38-,40-,41+,42+,43-,44-,48?/m0/s1. The number of aliphatic hydroxyl groups excluding tert-OH is 2. The van der Waals surface area contributed by atoms with Gasteiger partial charge in [-0.1, -0.05) is 125 Å². The number of unbranched alkanes of at least 4 members (excludes halogenated alkanes) is 1. The second-order valence-electron chi connectivity index (χ2n) is 18.3. The van der Waals surface area contributed by atoms with E-state index in [4.69, 9.17) is 34.5 Å². The molecule has 8 amide bonds. The highest BCUT2D eigenvalue weighted by Gasteiger charge is 2.36. The summed E-state index contributed by atoms with van der Waals surface area (Å²) in [6, 6.07) is 20.2. The summed E-state index contributed by atoms with van der Waals surface area (Å²) in [4.78, 5) is 111. The molecule has 5 rings (SSSR count). The van der Waals surface area contributed by atoms with Crippen LogP contribution in [0, 0.1) is 0 Å². The van der Waals surface area contributed by atoms with Gasteiger partial charge in [-0.15, -0.1) is 0 Å². The quantitative estimate of drug-likeness (QED) is 0.0356. The molecule has 24 heteroatoms. The Morgan fingerprint density at radius 2 is 1.31 bits per heavy atom. The van der Waals surface area contributed by atoms with E-state index in [1.165, 1.54) is 25.1 Å². The molecule has 4 aromatic carbocycles. The lowest BCUT2D eigenvalue weighted by Gasteiger charge is -2.32. The summed E-state index contributed by atoms with van der Waals surface area (Å²) in [7, 11) is 1.99. The van der Waals surface area contributed by atoms with Crippen LogP contribution >= 0.6 is 33.2 Å². The molecule has 1 aliphatic rings. The first-order valence-electron chi connectivity index (χ1n) is 24.7. The summed E-state index contributed by atoms with van der Waals surface area (Å²) >= 11 is 6.07. The second kappa shape index (κ2) is 30.8. The van der Waals surface area contributed by atoms with Crippen LogP contribution in [0.15, 0.2) is 115 Å². The van der Waals surface area contributed by atoms with Crippen molar-refractivity contribution in [1.82, 2.24) is 37.2 Å². The third-order valence-corrected chi connectivity index (χ3v) is 14.9. The Kier molecular flexibility index (Phi) is 24.4. The average Bonchev–Trinajstić information content (AvgIpc) is 3.40. The lowest BCUT2D eigenvalue weighted by Crippen LogP contribution is -2.63. The van der Waals surface area contributed by atoms with Crippen LogP contribution in [0.4, 0.5) is 0 Å². The number of hydrogen-bond acceptors (Lipinski definition) is 15. The maximum Gasteiger partial charge on any atom is 0.265 e. The van der Waals surface area contributed by atoms with Gasteiger partial charge >= 0.3 is 0 Å². The zero-order chi connectivity index (χ0) is 56.0. The maximum atomic E-state index is 14.7. The number of primary amides is 2. The minimum atomic E-state index is -1.75. The molecule has 2 unspecified atom stereocenters. The van der Waals surface area contributed by atoms with Crippen LogP contribution in [0.3, 0.4) is 0 Å². The first-order valence-corrected chi connectivity index (χ1v) is 27.6. The van der Waals surface area contributed by atoms with E-state index >= 15 is 0 Å². The number of benzene rings is 4. The van der Waals surface area contributed by atoms with Gasteiger partial charge in [0.05, 0.1) is 18.2 Å². The van der Waals surface area contributed by atoms with Gasteiger partial charge in [-0.3, -0.25) is 43.7 Å². The Labute approximate surface area is 459 Å². The Bertz CT molecular complexity index is 2670. The van der Waals surface area contributed by atoms with Crippen LogP contribution in [-0.4, -0.2) is 130 Å². The smallest absolute Gasteiger partial charge is 0.265 e. The molecule has 1 aliphatic heterocycles. The predicted octanol–water partition coefficient (Wildman–Crippen LogP) is 0.0421. The fraction of sp³-hybridized carbons (Fsp3) is 0.358. The molecule has 21 nitrogen and oxygen atoms in total. The lowest BCUT2D eigenvalue weighted by molar-refractivity contribution is -0.134. The molecule has 0 spiro atoms. The van der Waals surface area contributed by atoms with Crippen LogP contribution in [0.5, 0.6) is 0 Å². The number of amides is 8. The molecule has 77 heavy (non-hydrogen) atoms. The molecule has 0 aromatic heterocycles. The van der Waals surface area contributed by atoms with Crippen LogP contribution in [0.1, 0.15) is 58.8 Å². The number of carbonyl (C=O) groups is 8. The summed E-state index contributed by atoms with van der Waals surface area (Å²) in [6.07, 6.45) is -1.26.